The second-order valence-corrected chi connectivity index (χ2v) is 5.17. The summed E-state index contributed by atoms with van der Waals surface area (Å²) in [5.74, 6) is -0.588. The van der Waals surface area contributed by atoms with Gasteiger partial charge in [0.25, 0.3) is 5.91 Å². The Bertz CT molecular complexity index is 584. The number of benzene rings is 1. The van der Waals surface area contributed by atoms with Gasteiger partial charge < -0.3 is 10.6 Å². The molecule has 0 radical (unpaired) electrons. The summed E-state index contributed by atoms with van der Waals surface area (Å²) in [6, 6.07) is 5.79. The van der Waals surface area contributed by atoms with E-state index in [0.29, 0.717) is 10.1 Å². The maximum atomic E-state index is 12.8. The highest BCUT2D eigenvalue weighted by Crippen LogP contribution is 2.17. The molecule has 0 saturated heterocycles. The monoisotopic (exact) mass is 294 g/mol. The number of aromatic nitrogens is 2. The van der Waals surface area contributed by atoms with Crippen LogP contribution in [0.3, 0.4) is 0 Å². The average Bonchev–Trinajstić information content (AvgIpc) is 2.88. The lowest BCUT2D eigenvalue weighted by molar-refractivity contribution is 0.0939. The van der Waals surface area contributed by atoms with E-state index in [2.05, 4.69) is 20.8 Å². The Hall–Kier alpha value is -2.02. The number of hydrogen-bond donors (Lipinski definition) is 2. The van der Waals surface area contributed by atoms with Crippen LogP contribution in [0.25, 0.3) is 0 Å². The predicted molar refractivity (Wildman–Crippen MR) is 76.4 cm³/mol. The van der Waals surface area contributed by atoms with Crippen molar-refractivity contribution in [3.63, 3.8) is 0 Å². The summed E-state index contributed by atoms with van der Waals surface area (Å²) in [6.45, 7) is 4.50. The largest absolute Gasteiger partial charge is 0.360 e. The topological polar surface area (TPSA) is 66.9 Å². The number of carbonyl (C=O) groups is 1. The van der Waals surface area contributed by atoms with Crippen LogP contribution in [0.4, 0.5) is 9.52 Å². The van der Waals surface area contributed by atoms with Gasteiger partial charge in [-0.3, -0.25) is 4.79 Å². The summed E-state index contributed by atoms with van der Waals surface area (Å²) in [7, 11) is 0. The van der Waals surface area contributed by atoms with E-state index in [1.807, 2.05) is 13.8 Å². The smallest absolute Gasteiger partial charge is 0.282 e. The minimum atomic E-state index is -0.299. The number of rotatable bonds is 5. The molecule has 0 saturated carbocycles. The zero-order valence-corrected chi connectivity index (χ0v) is 12.0. The molecule has 2 aromatic rings. The highest BCUT2D eigenvalue weighted by molar-refractivity contribution is 7.17. The van der Waals surface area contributed by atoms with Crippen LogP contribution in [0, 0.1) is 5.82 Å². The van der Waals surface area contributed by atoms with Crippen molar-refractivity contribution in [1.29, 1.82) is 0 Å². The summed E-state index contributed by atoms with van der Waals surface area (Å²) in [5.41, 5.74) is 0.830. The van der Waals surface area contributed by atoms with Crippen molar-refractivity contribution in [2.24, 2.45) is 0 Å². The fourth-order valence-electron chi connectivity index (χ4n) is 1.63. The minimum absolute atomic E-state index is 0.227. The van der Waals surface area contributed by atoms with Gasteiger partial charge in [-0.25, -0.2) is 4.39 Å². The Labute approximate surface area is 120 Å². The number of nitrogens with one attached hydrogen (secondary N) is 2. The first-order valence-corrected chi connectivity index (χ1v) is 7.05. The van der Waals surface area contributed by atoms with Crippen LogP contribution >= 0.6 is 11.3 Å². The predicted octanol–water partition coefficient (Wildman–Crippen LogP) is 2.60. The number of hydrogen-bond acceptors (Lipinski definition) is 5. The molecule has 1 aromatic heterocycles. The van der Waals surface area contributed by atoms with Gasteiger partial charge in [0.1, 0.15) is 5.82 Å². The number of halogens is 1. The average molecular weight is 294 g/mol. The van der Waals surface area contributed by atoms with E-state index in [1.54, 1.807) is 12.1 Å². The Balaban J connectivity index is 2.01. The van der Waals surface area contributed by atoms with Gasteiger partial charge in [-0.1, -0.05) is 23.5 Å². The molecule has 2 N–H and O–H groups in total. The first-order valence-electron chi connectivity index (χ1n) is 6.24. The molecule has 1 heterocycles. The third-order valence-electron chi connectivity index (χ3n) is 2.66. The summed E-state index contributed by atoms with van der Waals surface area (Å²) >= 11 is 1.20. The molecule has 7 heteroatoms. The molecule has 0 aliphatic rings. The van der Waals surface area contributed by atoms with E-state index in [0.717, 1.165) is 12.1 Å². The van der Waals surface area contributed by atoms with E-state index >= 15 is 0 Å². The van der Waals surface area contributed by atoms with Gasteiger partial charge in [0.15, 0.2) is 0 Å². The van der Waals surface area contributed by atoms with Gasteiger partial charge in [0.05, 0.1) is 6.04 Å². The third-order valence-corrected chi connectivity index (χ3v) is 3.54. The molecule has 0 bridgehead atoms. The van der Waals surface area contributed by atoms with Gasteiger partial charge in [-0.05, 0) is 31.5 Å². The van der Waals surface area contributed by atoms with E-state index in [4.69, 9.17) is 0 Å². The summed E-state index contributed by atoms with van der Waals surface area (Å²) in [4.78, 5) is 12.0. The number of carbonyl (C=O) groups excluding carboxylic acids is 1. The van der Waals surface area contributed by atoms with Gasteiger partial charge in [-0.15, -0.1) is 10.2 Å². The lowest BCUT2D eigenvalue weighted by Crippen LogP contribution is -2.26. The van der Waals surface area contributed by atoms with Crippen molar-refractivity contribution in [3.8, 4) is 0 Å². The summed E-state index contributed by atoms with van der Waals surface area (Å²) < 4.78 is 12.8. The van der Waals surface area contributed by atoms with Crippen molar-refractivity contribution >= 4 is 22.4 Å². The number of anilines is 1. The second kappa shape index (κ2) is 6.42. The normalized spacial score (nSPS) is 11.9. The van der Waals surface area contributed by atoms with Crippen LogP contribution in [0.2, 0.25) is 0 Å². The Morgan fingerprint density at radius 3 is 2.70 bits per heavy atom. The van der Waals surface area contributed by atoms with Crippen LogP contribution < -0.4 is 10.6 Å². The molecule has 0 aliphatic carbocycles. The van der Waals surface area contributed by atoms with Gasteiger partial charge in [0.2, 0.25) is 10.1 Å². The lowest BCUT2D eigenvalue weighted by Gasteiger charge is -2.12. The summed E-state index contributed by atoms with van der Waals surface area (Å²) in [6.07, 6.45) is 0. The zero-order chi connectivity index (χ0) is 14.5. The van der Waals surface area contributed by atoms with Crippen molar-refractivity contribution in [2.45, 2.75) is 19.9 Å². The van der Waals surface area contributed by atoms with E-state index in [9.17, 15) is 9.18 Å². The van der Waals surface area contributed by atoms with Gasteiger partial charge >= 0.3 is 0 Å². The highest BCUT2D eigenvalue weighted by atomic mass is 32.1. The Morgan fingerprint density at radius 2 is 2.05 bits per heavy atom. The first-order chi connectivity index (χ1) is 9.60. The minimum Gasteiger partial charge on any atom is -0.360 e. The van der Waals surface area contributed by atoms with Crippen LogP contribution in [0.5, 0.6) is 0 Å². The molecule has 20 heavy (non-hydrogen) atoms. The molecule has 1 aromatic carbocycles. The van der Waals surface area contributed by atoms with E-state index in [1.165, 1.54) is 23.5 Å². The standard InChI is InChI=1S/C13H15FN4OS/c1-3-15-13-18-17-12(20-13)11(19)16-8(2)9-4-6-10(14)7-5-9/h4-8H,3H2,1-2H3,(H,15,18)(H,16,19). The quantitative estimate of drug-likeness (QED) is 0.889. The summed E-state index contributed by atoms with van der Waals surface area (Å²) in [5, 5.41) is 14.4. The number of nitrogens with zero attached hydrogens (tertiary/aromatic N) is 2. The van der Waals surface area contributed by atoms with Crippen LogP contribution in [-0.2, 0) is 0 Å². The molecule has 2 rings (SSSR count). The van der Waals surface area contributed by atoms with Crippen molar-refractivity contribution in [1.82, 2.24) is 15.5 Å². The van der Waals surface area contributed by atoms with Gasteiger partial charge in [-0.2, -0.15) is 0 Å². The Kier molecular flexibility index (Phi) is 4.62. The SMILES string of the molecule is CCNc1nnc(C(=O)NC(C)c2ccc(F)cc2)s1. The molecule has 1 amide bonds. The highest BCUT2D eigenvalue weighted by Gasteiger charge is 2.15. The van der Waals surface area contributed by atoms with Crippen LogP contribution in [0.15, 0.2) is 24.3 Å². The third kappa shape index (κ3) is 3.51. The van der Waals surface area contributed by atoms with Gasteiger partial charge in [0, 0.05) is 6.54 Å². The van der Waals surface area contributed by atoms with Crippen molar-refractivity contribution < 1.29 is 9.18 Å². The fraction of sp³-hybridized carbons (Fsp3) is 0.308. The van der Waals surface area contributed by atoms with E-state index in [-0.39, 0.29) is 17.8 Å². The van der Waals surface area contributed by atoms with Crippen LogP contribution in [-0.4, -0.2) is 22.6 Å². The van der Waals surface area contributed by atoms with Crippen molar-refractivity contribution in [3.05, 3.63) is 40.7 Å². The number of amides is 1. The maximum absolute atomic E-state index is 12.8. The molecule has 0 spiro atoms. The molecule has 106 valence electrons. The van der Waals surface area contributed by atoms with Crippen LogP contribution in [0.1, 0.15) is 35.3 Å². The second-order valence-electron chi connectivity index (χ2n) is 4.19. The molecule has 1 unspecified atom stereocenters. The fourth-order valence-corrected chi connectivity index (χ4v) is 2.35. The molecular formula is C13H15FN4OS. The molecule has 0 fully saturated rings. The zero-order valence-electron chi connectivity index (χ0n) is 11.2. The molecule has 5 nitrogen and oxygen atoms in total. The Morgan fingerprint density at radius 1 is 1.35 bits per heavy atom. The molecule has 1 atom stereocenters. The molecule has 0 aliphatic heterocycles. The maximum Gasteiger partial charge on any atom is 0.282 e. The molecular weight excluding hydrogens is 279 g/mol. The first kappa shape index (κ1) is 14.4. The lowest BCUT2D eigenvalue weighted by atomic mass is 10.1. The van der Waals surface area contributed by atoms with E-state index < -0.39 is 0 Å². The van der Waals surface area contributed by atoms with Crippen molar-refractivity contribution in [2.75, 3.05) is 11.9 Å².